The first-order valence-electron chi connectivity index (χ1n) is 6.87. The van der Waals surface area contributed by atoms with Gasteiger partial charge in [0.15, 0.2) is 5.13 Å². The normalized spacial score (nSPS) is 11.3. The van der Waals surface area contributed by atoms with Gasteiger partial charge in [-0.2, -0.15) is 0 Å². The molecule has 0 spiro atoms. The average Bonchev–Trinajstić information content (AvgIpc) is 2.87. The summed E-state index contributed by atoms with van der Waals surface area (Å²) in [5.41, 5.74) is 3.46. The lowest BCUT2D eigenvalue weighted by atomic mass is 9.93. The minimum Gasteiger partial charge on any atom is -0.387 e. The fourth-order valence-corrected chi connectivity index (χ4v) is 2.84. The number of carbonyl (C=O) groups excluding carboxylic acids is 1. The smallest absolute Gasteiger partial charge is 0.259 e. The van der Waals surface area contributed by atoms with Crippen molar-refractivity contribution in [2.75, 3.05) is 17.7 Å². The van der Waals surface area contributed by atoms with E-state index in [1.165, 1.54) is 11.3 Å². The van der Waals surface area contributed by atoms with E-state index in [2.05, 4.69) is 36.4 Å². The minimum absolute atomic E-state index is 0.0149. The summed E-state index contributed by atoms with van der Waals surface area (Å²) in [5, 5.41) is 8.55. The Balaban J connectivity index is 2.22. The molecule has 1 aromatic carbocycles. The van der Waals surface area contributed by atoms with E-state index in [0.717, 1.165) is 16.9 Å². The van der Waals surface area contributed by atoms with Crippen LogP contribution in [-0.2, 0) is 5.41 Å². The quantitative estimate of drug-likeness (QED) is 0.899. The molecule has 0 unspecified atom stereocenters. The van der Waals surface area contributed by atoms with Crippen LogP contribution in [0.15, 0.2) is 23.6 Å². The fraction of sp³-hybridized carbons (Fsp3) is 0.375. The molecule has 0 saturated heterocycles. The summed E-state index contributed by atoms with van der Waals surface area (Å²) in [4.78, 5) is 16.9. The SMILES string of the molecule is CNc1ccc(C)cc1C(=O)Nc1nc(C(C)(C)C)cs1. The Labute approximate surface area is 129 Å². The van der Waals surface area contributed by atoms with Crippen LogP contribution >= 0.6 is 11.3 Å². The first-order chi connectivity index (χ1) is 9.81. The molecule has 0 aliphatic rings. The molecule has 112 valence electrons. The van der Waals surface area contributed by atoms with Gasteiger partial charge in [-0.1, -0.05) is 32.4 Å². The molecule has 0 aliphatic heterocycles. The summed E-state index contributed by atoms with van der Waals surface area (Å²) in [7, 11) is 1.81. The van der Waals surface area contributed by atoms with Crippen molar-refractivity contribution in [2.24, 2.45) is 0 Å². The number of hydrogen-bond donors (Lipinski definition) is 2. The zero-order valence-electron chi connectivity index (χ0n) is 13.1. The van der Waals surface area contributed by atoms with Crippen LogP contribution in [0, 0.1) is 6.92 Å². The van der Waals surface area contributed by atoms with Gasteiger partial charge in [0.05, 0.1) is 11.3 Å². The summed E-state index contributed by atoms with van der Waals surface area (Å²) in [5.74, 6) is -0.141. The largest absolute Gasteiger partial charge is 0.387 e. The standard InChI is InChI=1S/C16H21N3OS/c1-10-6-7-12(17-5)11(8-10)14(20)19-15-18-13(9-21-15)16(2,3)4/h6-9,17H,1-5H3,(H,18,19,20). The van der Waals surface area contributed by atoms with Gasteiger partial charge >= 0.3 is 0 Å². The van der Waals surface area contributed by atoms with Crippen LogP contribution in [0.2, 0.25) is 0 Å². The number of nitrogens with zero attached hydrogens (tertiary/aromatic N) is 1. The Hall–Kier alpha value is -1.88. The van der Waals surface area contributed by atoms with Crippen LogP contribution in [0.1, 0.15) is 42.4 Å². The van der Waals surface area contributed by atoms with Gasteiger partial charge in [0.2, 0.25) is 0 Å². The van der Waals surface area contributed by atoms with E-state index in [1.54, 1.807) is 0 Å². The van der Waals surface area contributed by atoms with Gasteiger partial charge in [0.25, 0.3) is 5.91 Å². The Morgan fingerprint density at radius 2 is 2.00 bits per heavy atom. The van der Waals surface area contributed by atoms with Gasteiger partial charge in [-0.25, -0.2) is 4.98 Å². The predicted molar refractivity (Wildman–Crippen MR) is 89.5 cm³/mol. The zero-order chi connectivity index (χ0) is 15.6. The Morgan fingerprint density at radius 3 is 2.57 bits per heavy atom. The van der Waals surface area contributed by atoms with Crippen molar-refractivity contribution in [2.45, 2.75) is 33.1 Å². The first kappa shape index (κ1) is 15.5. The topological polar surface area (TPSA) is 54.0 Å². The zero-order valence-corrected chi connectivity index (χ0v) is 13.9. The molecule has 0 radical (unpaired) electrons. The van der Waals surface area contributed by atoms with Gasteiger partial charge in [-0.05, 0) is 19.1 Å². The predicted octanol–water partition coefficient (Wildman–Crippen LogP) is 4.04. The summed E-state index contributed by atoms with van der Waals surface area (Å²) >= 11 is 1.45. The van der Waals surface area contributed by atoms with E-state index in [1.807, 2.05) is 37.6 Å². The number of thiazole rings is 1. The van der Waals surface area contributed by atoms with Crippen molar-refractivity contribution in [3.8, 4) is 0 Å². The molecule has 0 fully saturated rings. The summed E-state index contributed by atoms with van der Waals surface area (Å²) in [6, 6.07) is 5.76. The van der Waals surface area contributed by atoms with Crippen molar-refractivity contribution < 1.29 is 4.79 Å². The van der Waals surface area contributed by atoms with Gasteiger partial charge in [-0.15, -0.1) is 11.3 Å². The van der Waals surface area contributed by atoms with Gasteiger partial charge in [0, 0.05) is 23.5 Å². The highest BCUT2D eigenvalue weighted by Gasteiger charge is 2.19. The third-order valence-electron chi connectivity index (χ3n) is 3.18. The number of amides is 1. The van der Waals surface area contributed by atoms with Crippen LogP contribution < -0.4 is 10.6 Å². The molecule has 0 bridgehead atoms. The molecule has 5 heteroatoms. The average molecular weight is 303 g/mol. The molecule has 2 N–H and O–H groups in total. The third-order valence-corrected chi connectivity index (χ3v) is 3.94. The van der Waals surface area contributed by atoms with Gasteiger partial charge in [0.1, 0.15) is 0 Å². The molecule has 21 heavy (non-hydrogen) atoms. The number of aromatic nitrogens is 1. The summed E-state index contributed by atoms with van der Waals surface area (Å²) in [6.45, 7) is 8.28. The highest BCUT2D eigenvalue weighted by Crippen LogP contribution is 2.27. The molecule has 2 aromatic rings. The molecule has 0 atom stereocenters. The summed E-state index contributed by atoms with van der Waals surface area (Å²) in [6.07, 6.45) is 0. The summed E-state index contributed by atoms with van der Waals surface area (Å²) < 4.78 is 0. The molecule has 0 aliphatic carbocycles. The molecule has 0 saturated carbocycles. The molecular formula is C16H21N3OS. The number of nitrogens with one attached hydrogen (secondary N) is 2. The monoisotopic (exact) mass is 303 g/mol. The molecule has 4 nitrogen and oxygen atoms in total. The van der Waals surface area contributed by atoms with Crippen molar-refractivity contribution in [1.82, 2.24) is 4.98 Å². The third kappa shape index (κ3) is 3.61. The second kappa shape index (κ2) is 5.85. The second-order valence-electron chi connectivity index (χ2n) is 6.04. The highest BCUT2D eigenvalue weighted by atomic mass is 32.1. The van der Waals surface area contributed by atoms with Crippen LogP contribution in [0.5, 0.6) is 0 Å². The maximum atomic E-state index is 12.4. The van der Waals surface area contributed by atoms with Crippen molar-refractivity contribution >= 4 is 28.1 Å². The van der Waals surface area contributed by atoms with Crippen LogP contribution in [0.4, 0.5) is 10.8 Å². The van der Waals surface area contributed by atoms with Crippen molar-refractivity contribution in [3.63, 3.8) is 0 Å². The highest BCUT2D eigenvalue weighted by molar-refractivity contribution is 7.14. The van der Waals surface area contributed by atoms with Crippen molar-refractivity contribution in [3.05, 3.63) is 40.4 Å². The maximum absolute atomic E-state index is 12.4. The molecule has 2 rings (SSSR count). The van der Waals surface area contributed by atoms with E-state index in [0.29, 0.717) is 10.7 Å². The Bertz CT molecular complexity index is 656. The van der Waals surface area contributed by atoms with Gasteiger partial charge in [-0.3, -0.25) is 10.1 Å². The Morgan fingerprint density at radius 1 is 1.29 bits per heavy atom. The molecule has 1 amide bonds. The number of benzene rings is 1. The number of aryl methyl sites for hydroxylation is 1. The molecule has 1 heterocycles. The molecule has 1 aromatic heterocycles. The van der Waals surface area contributed by atoms with E-state index in [9.17, 15) is 4.79 Å². The first-order valence-corrected chi connectivity index (χ1v) is 7.75. The molecular weight excluding hydrogens is 282 g/mol. The minimum atomic E-state index is -0.141. The Kier molecular flexibility index (Phi) is 4.32. The van der Waals surface area contributed by atoms with Crippen molar-refractivity contribution in [1.29, 1.82) is 0 Å². The lowest BCUT2D eigenvalue weighted by Crippen LogP contribution is -2.15. The lowest BCUT2D eigenvalue weighted by molar-refractivity contribution is 0.102. The second-order valence-corrected chi connectivity index (χ2v) is 6.90. The van der Waals surface area contributed by atoms with E-state index >= 15 is 0 Å². The van der Waals surface area contributed by atoms with E-state index < -0.39 is 0 Å². The fourth-order valence-electron chi connectivity index (χ4n) is 1.90. The lowest BCUT2D eigenvalue weighted by Gasteiger charge is -2.14. The number of hydrogen-bond acceptors (Lipinski definition) is 4. The number of carbonyl (C=O) groups is 1. The van der Waals surface area contributed by atoms with Crippen LogP contribution in [0.3, 0.4) is 0 Å². The van der Waals surface area contributed by atoms with E-state index in [4.69, 9.17) is 0 Å². The maximum Gasteiger partial charge on any atom is 0.259 e. The van der Waals surface area contributed by atoms with Crippen LogP contribution in [-0.4, -0.2) is 17.9 Å². The van der Waals surface area contributed by atoms with E-state index in [-0.39, 0.29) is 11.3 Å². The van der Waals surface area contributed by atoms with Gasteiger partial charge < -0.3 is 5.32 Å². The number of anilines is 2. The number of rotatable bonds is 3. The van der Waals surface area contributed by atoms with Crippen LogP contribution in [0.25, 0.3) is 0 Å².